The van der Waals surface area contributed by atoms with Crippen LogP contribution in [0.25, 0.3) is 16.5 Å². The van der Waals surface area contributed by atoms with Crippen molar-refractivity contribution in [2.75, 3.05) is 13.1 Å². The lowest BCUT2D eigenvalue weighted by molar-refractivity contribution is -0.142. The summed E-state index contributed by atoms with van der Waals surface area (Å²) in [5.41, 5.74) is 1.67. The molecule has 55 heavy (non-hydrogen) atoms. The Bertz CT molecular complexity index is 2400. The number of hydrogen-bond acceptors (Lipinski definition) is 7. The van der Waals surface area contributed by atoms with Crippen molar-refractivity contribution in [2.24, 2.45) is 0 Å². The van der Waals surface area contributed by atoms with E-state index in [0.717, 1.165) is 42.2 Å². The highest BCUT2D eigenvalue weighted by atomic mass is 35.5. The normalized spacial score (nSPS) is 14.0. The number of carboxylic acid groups (broad SMARTS) is 1. The van der Waals surface area contributed by atoms with E-state index in [-0.39, 0.29) is 51.3 Å². The third-order valence-corrected chi connectivity index (χ3v) is 11.6. The van der Waals surface area contributed by atoms with Gasteiger partial charge in [-0.25, -0.2) is 22.6 Å². The Hall–Kier alpha value is -5.53. The van der Waals surface area contributed by atoms with Gasteiger partial charge in [0.2, 0.25) is 0 Å². The Morgan fingerprint density at radius 3 is 2.22 bits per heavy atom. The van der Waals surface area contributed by atoms with Gasteiger partial charge < -0.3 is 14.9 Å². The Kier molecular flexibility index (Phi) is 11.7. The molecule has 1 aliphatic rings. The minimum Gasteiger partial charge on any atom is -0.480 e. The van der Waals surface area contributed by atoms with E-state index in [1.807, 2.05) is 38.1 Å². The molecule has 0 fully saturated rings. The van der Waals surface area contributed by atoms with Crippen molar-refractivity contribution in [1.29, 1.82) is 0 Å². The van der Waals surface area contributed by atoms with Crippen molar-refractivity contribution in [3.63, 3.8) is 0 Å². The van der Waals surface area contributed by atoms with Gasteiger partial charge in [0.25, 0.3) is 27.7 Å². The number of unbranched alkanes of at least 4 members (excludes halogenated alkanes) is 2. The van der Waals surface area contributed by atoms with Gasteiger partial charge in [0.1, 0.15) is 6.04 Å². The number of aromatic nitrogens is 2. The Balaban J connectivity index is 1.43. The van der Waals surface area contributed by atoms with E-state index in [1.54, 1.807) is 42.2 Å². The first-order valence-corrected chi connectivity index (χ1v) is 20.1. The van der Waals surface area contributed by atoms with Crippen LogP contribution in [0.1, 0.15) is 87.6 Å². The van der Waals surface area contributed by atoms with Crippen LogP contribution < -0.4 is 4.72 Å². The average molecular weight is 784 g/mol. The molecule has 0 spiro atoms. The summed E-state index contributed by atoms with van der Waals surface area (Å²) in [6.07, 6.45) is 3.38. The molecule has 286 valence electrons. The molecule has 0 aliphatic carbocycles. The summed E-state index contributed by atoms with van der Waals surface area (Å²) >= 11 is 6.79. The zero-order valence-electron chi connectivity index (χ0n) is 30.8. The van der Waals surface area contributed by atoms with Crippen molar-refractivity contribution < 1.29 is 32.7 Å². The second-order valence-corrected chi connectivity index (χ2v) is 15.7. The molecule has 4 aromatic carbocycles. The van der Waals surface area contributed by atoms with Crippen molar-refractivity contribution >= 4 is 56.1 Å². The number of aliphatic carboxylic acids is 1. The van der Waals surface area contributed by atoms with E-state index in [4.69, 9.17) is 11.6 Å². The number of carbonyl (C=O) groups excluding carboxylic acids is 3. The highest BCUT2D eigenvalue weighted by molar-refractivity contribution is 7.90. The average Bonchev–Trinajstić information content (AvgIpc) is 3.48. The first-order chi connectivity index (χ1) is 26.3. The summed E-state index contributed by atoms with van der Waals surface area (Å²) in [6, 6.07) is 21.6. The molecule has 6 rings (SSSR count). The first kappa shape index (κ1) is 39.2. The fraction of sp³-hybridized carbons (Fsp3) is 0.293. The molecular formula is C41H42ClN5O7S. The SMILES string of the molecule is CCCCN(CCCC)C(=O)c1nn(-c2ccc(C(=O)NS(=O)(=O)c3ccc4ccccc4c3)cc2C(=O)N2Cc3ccccc3CC2C(=O)O)c(C)c1Cl. The molecule has 2 N–H and O–H groups in total. The van der Waals surface area contributed by atoms with Gasteiger partial charge >= 0.3 is 5.97 Å². The Labute approximate surface area is 324 Å². The standard InChI is InChI=1S/C41H42ClN5O7S/c1-4-6-20-45(21-7-5-2)40(50)37-36(42)26(3)47(43-37)34-19-17-30(38(48)44-55(53,54)32-18-16-27-12-8-9-13-28(27)22-32)23-33(34)39(49)46-25-31-15-11-10-14-29(31)24-35(46)41(51)52/h8-19,22-23,35H,4-7,20-21,24-25H2,1-3H3,(H,44,48)(H,51,52). The van der Waals surface area contributed by atoms with Gasteiger partial charge in [-0.2, -0.15) is 5.10 Å². The first-order valence-electron chi connectivity index (χ1n) is 18.2. The van der Waals surface area contributed by atoms with E-state index >= 15 is 0 Å². The van der Waals surface area contributed by atoms with Crippen LogP contribution in [0, 0.1) is 6.92 Å². The molecule has 1 unspecified atom stereocenters. The number of benzene rings is 4. The molecule has 0 radical (unpaired) electrons. The van der Waals surface area contributed by atoms with Crippen LogP contribution in [-0.2, 0) is 27.8 Å². The minimum atomic E-state index is -4.36. The summed E-state index contributed by atoms with van der Waals surface area (Å²) in [5, 5.41) is 16.4. The molecule has 1 aromatic heterocycles. The van der Waals surface area contributed by atoms with Crippen LogP contribution in [0.15, 0.2) is 89.8 Å². The number of carbonyl (C=O) groups is 4. The van der Waals surface area contributed by atoms with Gasteiger partial charge in [-0.3, -0.25) is 14.4 Å². The zero-order chi connectivity index (χ0) is 39.4. The van der Waals surface area contributed by atoms with Gasteiger partial charge in [0, 0.05) is 31.6 Å². The van der Waals surface area contributed by atoms with Crippen molar-refractivity contribution in [2.45, 2.75) is 70.4 Å². The summed E-state index contributed by atoms with van der Waals surface area (Å²) in [4.78, 5) is 57.6. The molecule has 1 aliphatic heterocycles. The molecule has 1 atom stereocenters. The highest BCUT2D eigenvalue weighted by Gasteiger charge is 2.37. The van der Waals surface area contributed by atoms with Crippen molar-refractivity contribution in [3.05, 3.63) is 124 Å². The fourth-order valence-corrected chi connectivity index (χ4v) is 7.94. The Morgan fingerprint density at radius 2 is 1.55 bits per heavy atom. The number of nitrogens with one attached hydrogen (secondary N) is 1. The molecule has 0 bridgehead atoms. The zero-order valence-corrected chi connectivity index (χ0v) is 32.4. The largest absolute Gasteiger partial charge is 0.480 e. The number of amides is 3. The van der Waals surface area contributed by atoms with Gasteiger partial charge in [0.05, 0.1) is 26.9 Å². The molecule has 3 amide bonds. The molecule has 0 saturated heterocycles. The highest BCUT2D eigenvalue weighted by Crippen LogP contribution is 2.31. The fourth-order valence-electron chi connectivity index (χ4n) is 6.74. The number of nitrogens with zero attached hydrogens (tertiary/aromatic N) is 4. The van der Waals surface area contributed by atoms with E-state index in [9.17, 15) is 32.7 Å². The molecule has 12 nitrogen and oxygen atoms in total. The van der Waals surface area contributed by atoms with Crippen molar-refractivity contribution in [1.82, 2.24) is 24.3 Å². The summed E-state index contributed by atoms with van der Waals surface area (Å²) in [7, 11) is -4.36. The number of sulfonamides is 1. The number of hydrogen-bond donors (Lipinski definition) is 2. The van der Waals surface area contributed by atoms with Crippen LogP contribution in [0.3, 0.4) is 0 Å². The lowest BCUT2D eigenvalue weighted by atomic mass is 9.93. The smallest absolute Gasteiger partial charge is 0.326 e. The third kappa shape index (κ3) is 8.13. The minimum absolute atomic E-state index is 0.0108. The van der Waals surface area contributed by atoms with Crippen LogP contribution in [0.2, 0.25) is 5.02 Å². The molecule has 5 aromatic rings. The van der Waals surface area contributed by atoms with E-state index < -0.39 is 33.8 Å². The maximum atomic E-state index is 14.7. The van der Waals surface area contributed by atoms with Gasteiger partial charge in [-0.1, -0.05) is 92.9 Å². The third-order valence-electron chi connectivity index (χ3n) is 9.87. The van der Waals surface area contributed by atoms with Crippen LogP contribution >= 0.6 is 11.6 Å². The van der Waals surface area contributed by atoms with Crippen LogP contribution in [0.4, 0.5) is 0 Å². The monoisotopic (exact) mass is 783 g/mol. The summed E-state index contributed by atoms with van der Waals surface area (Å²) in [5.74, 6) is -3.34. The van der Waals surface area contributed by atoms with Gasteiger partial charge in [-0.15, -0.1) is 0 Å². The topological polar surface area (TPSA) is 159 Å². The predicted octanol–water partition coefficient (Wildman–Crippen LogP) is 6.80. The van der Waals surface area contributed by atoms with Gasteiger partial charge in [0.15, 0.2) is 5.69 Å². The molecule has 2 heterocycles. The summed E-state index contributed by atoms with van der Waals surface area (Å²) < 4.78 is 30.3. The Morgan fingerprint density at radius 1 is 0.891 bits per heavy atom. The lowest BCUT2D eigenvalue weighted by Crippen LogP contribution is -2.49. The maximum absolute atomic E-state index is 14.7. The quantitative estimate of drug-likeness (QED) is 0.132. The molecule has 14 heteroatoms. The number of carboxylic acids is 1. The molecular weight excluding hydrogens is 742 g/mol. The number of halogens is 1. The van der Waals surface area contributed by atoms with Crippen LogP contribution in [-0.4, -0.2) is 75.9 Å². The molecule has 0 saturated carbocycles. The lowest BCUT2D eigenvalue weighted by Gasteiger charge is -2.35. The second-order valence-electron chi connectivity index (χ2n) is 13.6. The summed E-state index contributed by atoms with van der Waals surface area (Å²) in [6.45, 7) is 6.69. The number of fused-ring (bicyclic) bond motifs is 2. The van der Waals surface area contributed by atoms with Crippen molar-refractivity contribution in [3.8, 4) is 5.69 Å². The van der Waals surface area contributed by atoms with E-state index in [1.165, 1.54) is 39.9 Å². The second kappa shape index (κ2) is 16.5. The predicted molar refractivity (Wildman–Crippen MR) is 209 cm³/mol. The number of rotatable bonds is 13. The van der Waals surface area contributed by atoms with E-state index in [2.05, 4.69) is 9.82 Å². The maximum Gasteiger partial charge on any atom is 0.326 e. The van der Waals surface area contributed by atoms with E-state index in [0.29, 0.717) is 24.2 Å². The van der Waals surface area contributed by atoms with Gasteiger partial charge in [-0.05, 0) is 72.0 Å². The van der Waals surface area contributed by atoms with Crippen LogP contribution in [0.5, 0.6) is 0 Å².